The van der Waals surface area contributed by atoms with Crippen molar-refractivity contribution in [2.45, 2.75) is 6.92 Å². The van der Waals surface area contributed by atoms with E-state index in [-0.39, 0.29) is 5.82 Å². The third-order valence-corrected chi connectivity index (χ3v) is 3.95. The lowest BCUT2D eigenvalue weighted by Gasteiger charge is -2.09. The molecular formula is C15H12ClFN2OS. The van der Waals surface area contributed by atoms with Gasteiger partial charge in [-0.05, 0) is 49.0 Å². The molecule has 108 valence electrons. The highest BCUT2D eigenvalue weighted by Crippen LogP contribution is 2.29. The number of aromatic amines is 1. The van der Waals surface area contributed by atoms with E-state index in [1.807, 2.05) is 10.6 Å². The molecule has 0 bridgehead atoms. The first kappa shape index (κ1) is 14.1. The number of H-pyrrole nitrogens is 1. The molecule has 0 atom stereocenters. The fourth-order valence-corrected chi connectivity index (χ4v) is 2.78. The zero-order valence-corrected chi connectivity index (χ0v) is 13.0. The second-order valence-corrected chi connectivity index (χ2v) is 5.50. The van der Waals surface area contributed by atoms with Crippen molar-refractivity contribution >= 4 is 34.9 Å². The van der Waals surface area contributed by atoms with Gasteiger partial charge in [0.05, 0.1) is 28.9 Å². The van der Waals surface area contributed by atoms with Crippen LogP contribution in [0.2, 0.25) is 5.02 Å². The largest absolute Gasteiger partial charge is 0.495 e. The molecule has 2 aromatic carbocycles. The second-order valence-electron chi connectivity index (χ2n) is 4.70. The molecule has 1 aromatic heterocycles. The van der Waals surface area contributed by atoms with Crippen LogP contribution < -0.4 is 4.74 Å². The van der Waals surface area contributed by atoms with Crippen LogP contribution in [0.1, 0.15) is 5.56 Å². The first-order valence-corrected chi connectivity index (χ1v) is 7.04. The predicted octanol–water partition coefficient (Wildman–Crippen LogP) is 4.80. The SMILES string of the molecule is COc1cc(-n2c(=S)[nH]c3cc(F)c(C)cc32)ccc1Cl. The Bertz CT molecular complexity index is 901. The summed E-state index contributed by atoms with van der Waals surface area (Å²) >= 11 is 11.4. The smallest absolute Gasteiger partial charge is 0.182 e. The molecule has 6 heteroatoms. The highest BCUT2D eigenvalue weighted by atomic mass is 35.5. The lowest BCUT2D eigenvalue weighted by molar-refractivity contribution is 0.415. The summed E-state index contributed by atoms with van der Waals surface area (Å²) in [6.45, 7) is 1.72. The van der Waals surface area contributed by atoms with E-state index in [4.69, 9.17) is 28.6 Å². The van der Waals surface area contributed by atoms with Gasteiger partial charge in [-0.1, -0.05) is 11.6 Å². The highest BCUT2D eigenvalue weighted by Gasteiger charge is 2.11. The molecule has 3 rings (SSSR count). The van der Waals surface area contributed by atoms with Gasteiger partial charge in [-0.15, -0.1) is 0 Å². The van der Waals surface area contributed by atoms with Gasteiger partial charge in [-0.3, -0.25) is 4.57 Å². The number of halogens is 2. The fourth-order valence-electron chi connectivity index (χ4n) is 2.28. The topological polar surface area (TPSA) is 29.9 Å². The highest BCUT2D eigenvalue weighted by molar-refractivity contribution is 7.71. The Morgan fingerprint density at radius 1 is 1.29 bits per heavy atom. The minimum atomic E-state index is -0.264. The Morgan fingerprint density at radius 2 is 2.05 bits per heavy atom. The number of methoxy groups -OCH3 is 1. The number of hydrogen-bond acceptors (Lipinski definition) is 2. The second kappa shape index (κ2) is 5.16. The molecule has 0 aliphatic heterocycles. The van der Waals surface area contributed by atoms with Crippen LogP contribution in [0.15, 0.2) is 30.3 Å². The van der Waals surface area contributed by atoms with Crippen molar-refractivity contribution in [3.8, 4) is 11.4 Å². The lowest BCUT2D eigenvalue weighted by Crippen LogP contribution is -1.96. The molecule has 0 fully saturated rings. The summed E-state index contributed by atoms with van der Waals surface area (Å²) in [7, 11) is 1.55. The molecule has 21 heavy (non-hydrogen) atoms. The Morgan fingerprint density at radius 3 is 2.76 bits per heavy atom. The average Bonchev–Trinajstić information content (AvgIpc) is 2.75. The van der Waals surface area contributed by atoms with E-state index in [2.05, 4.69) is 4.98 Å². The molecule has 3 nitrogen and oxygen atoms in total. The van der Waals surface area contributed by atoms with Gasteiger partial charge < -0.3 is 9.72 Å². The number of aromatic nitrogens is 2. The van der Waals surface area contributed by atoms with Crippen molar-refractivity contribution in [1.29, 1.82) is 0 Å². The van der Waals surface area contributed by atoms with Crippen LogP contribution in [0.4, 0.5) is 4.39 Å². The van der Waals surface area contributed by atoms with Crippen LogP contribution >= 0.6 is 23.8 Å². The molecule has 0 aliphatic rings. The van der Waals surface area contributed by atoms with Gasteiger partial charge in [0.25, 0.3) is 0 Å². The molecule has 0 amide bonds. The molecule has 0 aliphatic carbocycles. The van der Waals surface area contributed by atoms with Gasteiger partial charge in [-0.25, -0.2) is 4.39 Å². The predicted molar refractivity (Wildman–Crippen MR) is 84.7 cm³/mol. The molecular weight excluding hydrogens is 311 g/mol. The number of aryl methyl sites for hydroxylation is 1. The number of nitrogens with zero attached hydrogens (tertiary/aromatic N) is 1. The summed E-state index contributed by atoms with van der Waals surface area (Å²) in [6, 6.07) is 8.59. The minimum Gasteiger partial charge on any atom is -0.495 e. The maximum atomic E-state index is 13.7. The van der Waals surface area contributed by atoms with Crippen LogP contribution in [0, 0.1) is 17.5 Å². The molecule has 0 unspecified atom stereocenters. The molecule has 0 saturated carbocycles. The van der Waals surface area contributed by atoms with Gasteiger partial charge in [-0.2, -0.15) is 0 Å². The Labute approximate surface area is 130 Å². The molecule has 3 aromatic rings. The van der Waals surface area contributed by atoms with Gasteiger partial charge >= 0.3 is 0 Å². The third-order valence-electron chi connectivity index (χ3n) is 3.36. The van der Waals surface area contributed by atoms with Gasteiger partial charge in [0.2, 0.25) is 0 Å². The van der Waals surface area contributed by atoms with Crippen LogP contribution in [0.5, 0.6) is 5.75 Å². The van der Waals surface area contributed by atoms with E-state index in [9.17, 15) is 4.39 Å². The van der Waals surface area contributed by atoms with Gasteiger partial charge in [0.1, 0.15) is 11.6 Å². The quantitative estimate of drug-likeness (QED) is 0.687. The molecule has 1 heterocycles. The number of imidazole rings is 1. The average molecular weight is 323 g/mol. The van der Waals surface area contributed by atoms with Crippen LogP contribution in [-0.4, -0.2) is 16.7 Å². The van der Waals surface area contributed by atoms with Crippen LogP contribution in [-0.2, 0) is 0 Å². The van der Waals surface area contributed by atoms with Crippen molar-refractivity contribution in [2.75, 3.05) is 7.11 Å². The summed E-state index contributed by atoms with van der Waals surface area (Å²) < 4.78 is 21.2. The molecule has 0 radical (unpaired) electrons. The van der Waals surface area contributed by atoms with E-state index in [1.54, 1.807) is 32.2 Å². The number of nitrogens with one attached hydrogen (secondary N) is 1. The number of ether oxygens (including phenoxy) is 1. The minimum absolute atomic E-state index is 0.264. The summed E-state index contributed by atoms with van der Waals surface area (Å²) in [6.07, 6.45) is 0. The zero-order chi connectivity index (χ0) is 15.1. The first-order valence-electron chi connectivity index (χ1n) is 6.26. The maximum absolute atomic E-state index is 13.7. The van der Waals surface area contributed by atoms with E-state index >= 15 is 0 Å². The Hall–Kier alpha value is -1.85. The van der Waals surface area contributed by atoms with Crippen molar-refractivity contribution < 1.29 is 9.13 Å². The summed E-state index contributed by atoms with van der Waals surface area (Å²) in [4.78, 5) is 3.01. The third kappa shape index (κ3) is 2.32. The summed E-state index contributed by atoms with van der Waals surface area (Å²) in [5, 5.41) is 0.523. The summed E-state index contributed by atoms with van der Waals surface area (Å²) in [5.41, 5.74) is 2.82. The van der Waals surface area contributed by atoms with Gasteiger partial charge in [0, 0.05) is 6.07 Å². The number of benzene rings is 2. The van der Waals surface area contributed by atoms with Crippen LogP contribution in [0.25, 0.3) is 16.7 Å². The van der Waals surface area contributed by atoms with Crippen molar-refractivity contribution in [1.82, 2.24) is 9.55 Å². The first-order chi connectivity index (χ1) is 10.0. The number of fused-ring (bicyclic) bond motifs is 1. The zero-order valence-electron chi connectivity index (χ0n) is 11.4. The van der Waals surface area contributed by atoms with E-state index in [0.717, 1.165) is 11.2 Å². The normalized spacial score (nSPS) is 11.0. The van der Waals surface area contributed by atoms with Crippen molar-refractivity contribution in [2.24, 2.45) is 0 Å². The molecule has 0 spiro atoms. The van der Waals surface area contributed by atoms with Crippen molar-refractivity contribution in [3.63, 3.8) is 0 Å². The fraction of sp³-hybridized carbons (Fsp3) is 0.133. The van der Waals surface area contributed by atoms with Crippen molar-refractivity contribution in [3.05, 3.63) is 51.5 Å². The Balaban J connectivity index is 2.32. The molecule has 0 saturated heterocycles. The van der Waals surface area contributed by atoms with E-state index in [0.29, 0.717) is 26.6 Å². The number of hydrogen-bond donors (Lipinski definition) is 1. The lowest BCUT2D eigenvalue weighted by atomic mass is 10.2. The van der Waals surface area contributed by atoms with Crippen LogP contribution in [0.3, 0.4) is 0 Å². The molecule has 1 N–H and O–H groups in total. The van der Waals surface area contributed by atoms with Gasteiger partial charge in [0.15, 0.2) is 4.77 Å². The standard InChI is InChI=1S/C15H12ClFN2OS/c1-8-5-13-12(7-11(8)17)18-15(21)19(13)9-3-4-10(16)14(6-9)20-2/h3-7H,1-2H3,(H,18,21). The monoisotopic (exact) mass is 322 g/mol. The van der Waals surface area contributed by atoms with E-state index in [1.165, 1.54) is 6.07 Å². The Kier molecular flexibility index (Phi) is 3.47. The number of rotatable bonds is 2. The summed E-state index contributed by atoms with van der Waals surface area (Å²) in [5.74, 6) is 0.295. The maximum Gasteiger partial charge on any atom is 0.182 e. The van der Waals surface area contributed by atoms with E-state index < -0.39 is 0 Å².